The van der Waals surface area contributed by atoms with Gasteiger partial charge in [0.1, 0.15) is 5.75 Å². The summed E-state index contributed by atoms with van der Waals surface area (Å²) in [7, 11) is 1.70. The Morgan fingerprint density at radius 1 is 1.32 bits per heavy atom. The lowest BCUT2D eigenvalue weighted by Gasteiger charge is -2.34. The van der Waals surface area contributed by atoms with Gasteiger partial charge in [-0.2, -0.15) is 0 Å². The molecule has 3 heteroatoms. The molecule has 19 heavy (non-hydrogen) atoms. The zero-order chi connectivity index (χ0) is 13.8. The lowest BCUT2D eigenvalue weighted by atomic mass is 9.98. The molecule has 1 aromatic carbocycles. The van der Waals surface area contributed by atoms with Crippen molar-refractivity contribution in [2.75, 3.05) is 20.2 Å². The van der Waals surface area contributed by atoms with Crippen LogP contribution in [0.15, 0.2) is 24.3 Å². The number of ether oxygens (including phenoxy) is 1. The number of hydrogen-bond acceptors (Lipinski definition) is 3. The molecule has 3 nitrogen and oxygen atoms in total. The Morgan fingerprint density at radius 2 is 2.00 bits per heavy atom. The first-order valence-electron chi connectivity index (χ1n) is 7.27. The third-order valence-corrected chi connectivity index (χ3v) is 4.24. The van der Waals surface area contributed by atoms with Crippen LogP contribution in [0.5, 0.6) is 5.75 Å². The Morgan fingerprint density at radius 3 is 2.53 bits per heavy atom. The molecule has 1 fully saturated rings. The second kappa shape index (κ2) is 6.40. The van der Waals surface area contributed by atoms with Crippen molar-refractivity contribution < 1.29 is 4.74 Å². The molecule has 0 spiro atoms. The molecule has 0 aromatic heterocycles. The summed E-state index contributed by atoms with van der Waals surface area (Å²) in [5.41, 5.74) is 7.35. The monoisotopic (exact) mass is 262 g/mol. The highest BCUT2D eigenvalue weighted by atomic mass is 16.5. The van der Waals surface area contributed by atoms with Gasteiger partial charge >= 0.3 is 0 Å². The van der Waals surface area contributed by atoms with Crippen LogP contribution in [-0.4, -0.2) is 31.1 Å². The van der Waals surface area contributed by atoms with Gasteiger partial charge in [0.15, 0.2) is 0 Å². The predicted octanol–water partition coefficient (Wildman–Crippen LogP) is 2.82. The Bertz CT molecular complexity index is 388. The van der Waals surface area contributed by atoms with Crippen LogP contribution in [0.1, 0.15) is 38.3 Å². The largest absolute Gasteiger partial charge is 0.497 e. The first-order chi connectivity index (χ1) is 9.17. The Labute approximate surface area is 116 Å². The smallest absolute Gasteiger partial charge is 0.118 e. The Hall–Kier alpha value is -1.06. The van der Waals surface area contributed by atoms with Crippen molar-refractivity contribution in [3.63, 3.8) is 0 Å². The highest BCUT2D eigenvalue weighted by Crippen LogP contribution is 2.32. The number of hydrogen-bond donors (Lipinski definition) is 1. The lowest BCUT2D eigenvalue weighted by molar-refractivity contribution is 0.149. The van der Waals surface area contributed by atoms with E-state index in [1.54, 1.807) is 7.11 Å². The SMILES string of the molecule is COc1ccc(C(CN)N2CCCC2C(C)C)cc1. The van der Waals surface area contributed by atoms with Crippen LogP contribution in [0.25, 0.3) is 0 Å². The number of nitrogens with two attached hydrogens (primary N) is 1. The minimum Gasteiger partial charge on any atom is -0.497 e. The normalized spacial score (nSPS) is 21.8. The molecule has 2 unspecified atom stereocenters. The molecule has 2 atom stereocenters. The van der Waals surface area contributed by atoms with Crippen LogP contribution in [0.4, 0.5) is 0 Å². The topological polar surface area (TPSA) is 38.5 Å². The molecule has 0 aliphatic carbocycles. The summed E-state index contributed by atoms with van der Waals surface area (Å²) in [6, 6.07) is 9.34. The average Bonchev–Trinajstić information content (AvgIpc) is 2.90. The summed E-state index contributed by atoms with van der Waals surface area (Å²) >= 11 is 0. The van der Waals surface area contributed by atoms with Gasteiger partial charge in [0.25, 0.3) is 0 Å². The van der Waals surface area contributed by atoms with Crippen molar-refractivity contribution in [3.05, 3.63) is 29.8 Å². The standard InChI is InChI=1S/C16H26N2O/c1-12(2)15-5-4-10-18(15)16(11-17)13-6-8-14(19-3)9-7-13/h6-9,12,15-16H,4-5,10-11,17H2,1-3H3. The van der Waals surface area contributed by atoms with Gasteiger partial charge in [0.2, 0.25) is 0 Å². The van der Waals surface area contributed by atoms with E-state index in [4.69, 9.17) is 10.5 Å². The fourth-order valence-corrected chi connectivity index (χ4v) is 3.21. The van der Waals surface area contributed by atoms with Gasteiger partial charge in [-0.1, -0.05) is 26.0 Å². The minimum absolute atomic E-state index is 0.334. The van der Waals surface area contributed by atoms with Crippen molar-refractivity contribution >= 4 is 0 Å². The molecule has 2 N–H and O–H groups in total. The molecule has 0 amide bonds. The van der Waals surface area contributed by atoms with Crippen LogP contribution < -0.4 is 10.5 Å². The maximum absolute atomic E-state index is 6.04. The number of nitrogens with zero attached hydrogens (tertiary/aromatic N) is 1. The Kier molecular flexibility index (Phi) is 4.83. The second-order valence-electron chi connectivity index (χ2n) is 5.72. The fraction of sp³-hybridized carbons (Fsp3) is 0.625. The minimum atomic E-state index is 0.334. The third kappa shape index (κ3) is 3.10. The first kappa shape index (κ1) is 14.4. The summed E-state index contributed by atoms with van der Waals surface area (Å²) < 4.78 is 5.22. The molecule has 0 saturated carbocycles. The van der Waals surface area contributed by atoms with E-state index in [0.717, 1.165) is 12.3 Å². The highest BCUT2D eigenvalue weighted by molar-refractivity contribution is 5.29. The van der Waals surface area contributed by atoms with Gasteiger partial charge in [-0.25, -0.2) is 0 Å². The molecule has 0 bridgehead atoms. The molecule has 1 aromatic rings. The van der Waals surface area contributed by atoms with Gasteiger partial charge in [0, 0.05) is 18.6 Å². The predicted molar refractivity (Wildman–Crippen MR) is 79.4 cm³/mol. The number of benzene rings is 1. The van der Waals surface area contributed by atoms with Gasteiger partial charge in [-0.15, -0.1) is 0 Å². The number of methoxy groups -OCH3 is 1. The quantitative estimate of drug-likeness (QED) is 0.887. The highest BCUT2D eigenvalue weighted by Gasteiger charge is 2.32. The van der Waals surface area contributed by atoms with Crippen LogP contribution in [0, 0.1) is 5.92 Å². The van der Waals surface area contributed by atoms with Crippen molar-refractivity contribution in [1.29, 1.82) is 0 Å². The summed E-state index contributed by atoms with van der Waals surface area (Å²) in [6.07, 6.45) is 2.58. The van der Waals surface area contributed by atoms with E-state index in [9.17, 15) is 0 Å². The van der Waals surface area contributed by atoms with Crippen LogP contribution >= 0.6 is 0 Å². The zero-order valence-corrected chi connectivity index (χ0v) is 12.3. The van der Waals surface area contributed by atoms with Gasteiger partial charge < -0.3 is 10.5 Å². The Balaban J connectivity index is 2.18. The summed E-state index contributed by atoms with van der Waals surface area (Å²) in [4.78, 5) is 2.59. The molecule has 1 aliphatic rings. The number of likely N-dealkylation sites (tertiary alicyclic amines) is 1. The average molecular weight is 262 g/mol. The van der Waals surface area contributed by atoms with Crippen molar-refractivity contribution in [3.8, 4) is 5.75 Å². The zero-order valence-electron chi connectivity index (χ0n) is 12.3. The fourth-order valence-electron chi connectivity index (χ4n) is 3.21. The van der Waals surface area contributed by atoms with E-state index in [0.29, 0.717) is 24.5 Å². The van der Waals surface area contributed by atoms with Crippen molar-refractivity contribution in [2.45, 2.75) is 38.8 Å². The summed E-state index contributed by atoms with van der Waals surface area (Å²) in [5, 5.41) is 0. The maximum atomic E-state index is 6.04. The third-order valence-electron chi connectivity index (χ3n) is 4.24. The molecule has 1 aliphatic heterocycles. The van der Waals surface area contributed by atoms with Crippen LogP contribution in [0.2, 0.25) is 0 Å². The van der Waals surface area contributed by atoms with E-state index in [1.807, 2.05) is 12.1 Å². The van der Waals surface area contributed by atoms with E-state index in [1.165, 1.54) is 18.4 Å². The van der Waals surface area contributed by atoms with Crippen LogP contribution in [-0.2, 0) is 0 Å². The molecule has 106 valence electrons. The first-order valence-corrected chi connectivity index (χ1v) is 7.27. The molecule has 0 radical (unpaired) electrons. The molecule has 2 rings (SSSR count). The van der Waals surface area contributed by atoms with Gasteiger partial charge in [0.05, 0.1) is 7.11 Å². The molecular formula is C16H26N2O. The second-order valence-corrected chi connectivity index (χ2v) is 5.72. The molecule has 1 heterocycles. The van der Waals surface area contributed by atoms with Gasteiger partial charge in [-0.05, 0) is 43.0 Å². The maximum Gasteiger partial charge on any atom is 0.118 e. The van der Waals surface area contributed by atoms with E-state index in [2.05, 4.69) is 30.9 Å². The van der Waals surface area contributed by atoms with E-state index >= 15 is 0 Å². The van der Waals surface area contributed by atoms with Gasteiger partial charge in [-0.3, -0.25) is 4.90 Å². The summed E-state index contributed by atoms with van der Waals surface area (Å²) in [5.74, 6) is 1.59. The molecule has 1 saturated heterocycles. The van der Waals surface area contributed by atoms with Crippen molar-refractivity contribution in [2.24, 2.45) is 11.7 Å². The lowest BCUT2D eigenvalue weighted by Crippen LogP contribution is -2.39. The number of rotatable bonds is 5. The van der Waals surface area contributed by atoms with E-state index < -0.39 is 0 Å². The molecular weight excluding hydrogens is 236 g/mol. The van der Waals surface area contributed by atoms with Crippen LogP contribution in [0.3, 0.4) is 0 Å². The summed E-state index contributed by atoms with van der Waals surface area (Å²) in [6.45, 7) is 6.46. The van der Waals surface area contributed by atoms with Crippen molar-refractivity contribution in [1.82, 2.24) is 4.90 Å². The van der Waals surface area contributed by atoms with E-state index in [-0.39, 0.29) is 0 Å².